The van der Waals surface area contributed by atoms with Crippen molar-refractivity contribution in [1.82, 2.24) is 0 Å². The summed E-state index contributed by atoms with van der Waals surface area (Å²) in [6.45, 7) is 0. The molecule has 7 nitrogen and oxygen atoms in total. The zero-order valence-corrected chi connectivity index (χ0v) is 15.7. The Bertz CT molecular complexity index is 923. The van der Waals surface area contributed by atoms with E-state index in [-0.39, 0.29) is 36.0 Å². The number of hydrogen-bond donors (Lipinski definition) is 1. The Labute approximate surface area is 162 Å². The van der Waals surface area contributed by atoms with Crippen LogP contribution >= 0.6 is 0 Å². The van der Waals surface area contributed by atoms with Crippen LogP contribution in [0.5, 0.6) is 5.75 Å². The number of hydrogen-bond acceptors (Lipinski definition) is 5. The number of rotatable bonds is 7. The second-order valence-corrected chi connectivity index (χ2v) is 6.80. The van der Waals surface area contributed by atoms with Crippen LogP contribution in [0.3, 0.4) is 0 Å². The molecule has 0 unspecified atom stereocenters. The van der Waals surface area contributed by atoms with Gasteiger partial charge in [0.1, 0.15) is 5.75 Å². The van der Waals surface area contributed by atoms with Crippen LogP contribution in [0.4, 0.5) is 11.4 Å². The molecule has 1 aliphatic carbocycles. The maximum atomic E-state index is 12.5. The zero-order valence-electron chi connectivity index (χ0n) is 15.7. The van der Waals surface area contributed by atoms with Gasteiger partial charge in [0, 0.05) is 24.5 Å². The summed E-state index contributed by atoms with van der Waals surface area (Å²) in [6, 6.07) is 9.76. The summed E-state index contributed by atoms with van der Waals surface area (Å²) in [7, 11) is 1.37. The van der Waals surface area contributed by atoms with Gasteiger partial charge in [-0.15, -0.1) is 0 Å². The van der Waals surface area contributed by atoms with Gasteiger partial charge in [-0.05, 0) is 48.9 Å². The van der Waals surface area contributed by atoms with E-state index in [4.69, 9.17) is 4.74 Å². The van der Waals surface area contributed by atoms with Crippen molar-refractivity contribution < 1.29 is 19.2 Å². The molecule has 0 saturated carbocycles. The molecule has 0 aromatic heterocycles. The number of fused-ring (bicyclic) bond motifs is 1. The molecular formula is C21H22N2O5. The summed E-state index contributed by atoms with van der Waals surface area (Å²) < 4.78 is 5.10. The fourth-order valence-electron chi connectivity index (χ4n) is 3.39. The number of non-ortho nitro benzene ring substituents is 1. The van der Waals surface area contributed by atoms with Crippen LogP contribution in [0, 0.1) is 10.1 Å². The van der Waals surface area contributed by atoms with Crippen LogP contribution in [0.1, 0.15) is 47.2 Å². The Kier molecular flexibility index (Phi) is 6.03. The van der Waals surface area contributed by atoms with Crippen molar-refractivity contribution >= 4 is 23.1 Å². The van der Waals surface area contributed by atoms with Crippen molar-refractivity contribution in [1.29, 1.82) is 0 Å². The highest BCUT2D eigenvalue weighted by Gasteiger charge is 2.16. The number of nitrogens with zero attached hydrogens (tertiary/aromatic N) is 1. The molecule has 0 spiro atoms. The maximum absolute atomic E-state index is 12.5. The summed E-state index contributed by atoms with van der Waals surface area (Å²) in [5.41, 5.74) is 3.39. The predicted octanol–water partition coefficient (Wildman–Crippen LogP) is 4.08. The number of anilines is 1. The highest BCUT2D eigenvalue weighted by atomic mass is 16.6. The van der Waals surface area contributed by atoms with Crippen molar-refractivity contribution in [3.8, 4) is 5.75 Å². The molecule has 0 fully saturated rings. The normalized spacial score (nSPS) is 12.8. The van der Waals surface area contributed by atoms with E-state index in [9.17, 15) is 19.7 Å². The molecule has 0 heterocycles. The molecule has 0 bridgehead atoms. The molecule has 1 aliphatic rings. The first-order valence-electron chi connectivity index (χ1n) is 9.25. The van der Waals surface area contributed by atoms with Crippen LogP contribution in [-0.4, -0.2) is 23.7 Å². The molecule has 2 aromatic carbocycles. The monoisotopic (exact) mass is 382 g/mol. The molecule has 3 rings (SSSR count). The van der Waals surface area contributed by atoms with Gasteiger partial charge in [-0.25, -0.2) is 0 Å². The Hall–Kier alpha value is -3.22. The van der Waals surface area contributed by atoms with E-state index in [1.807, 2.05) is 18.2 Å². The van der Waals surface area contributed by atoms with Gasteiger partial charge in [0.2, 0.25) is 5.91 Å². The van der Waals surface area contributed by atoms with Crippen LogP contribution in [-0.2, 0) is 17.6 Å². The first-order valence-corrected chi connectivity index (χ1v) is 9.25. The van der Waals surface area contributed by atoms with Crippen molar-refractivity contribution in [2.45, 2.75) is 38.5 Å². The number of carbonyl (C=O) groups is 2. The number of ketones is 1. The minimum absolute atomic E-state index is 0.0239. The average molecular weight is 382 g/mol. The summed E-state index contributed by atoms with van der Waals surface area (Å²) in [5, 5.41) is 13.5. The van der Waals surface area contributed by atoms with E-state index >= 15 is 0 Å². The largest absolute Gasteiger partial charge is 0.494 e. The number of nitro benzene ring substituents is 1. The smallest absolute Gasteiger partial charge is 0.273 e. The number of Topliss-reactive ketones (excluding diaryl/α,β-unsaturated/α-hetero) is 1. The number of benzene rings is 2. The molecule has 0 aliphatic heterocycles. The topological polar surface area (TPSA) is 98.5 Å². The SMILES string of the molecule is COc1cc([N+](=O)[O-])ccc1NC(=O)CCC(=O)c1ccc2c(c1)CCCC2. The Morgan fingerprint density at radius 3 is 2.54 bits per heavy atom. The van der Waals surface area contributed by atoms with Crippen molar-refractivity contribution in [3.63, 3.8) is 0 Å². The summed E-state index contributed by atoms with van der Waals surface area (Å²) in [5.74, 6) is -0.221. The summed E-state index contributed by atoms with van der Waals surface area (Å²) in [4.78, 5) is 35.0. The molecular weight excluding hydrogens is 360 g/mol. The molecule has 0 saturated heterocycles. The lowest BCUT2D eigenvalue weighted by Gasteiger charge is -2.16. The molecule has 2 aromatic rings. The third kappa shape index (κ3) is 4.54. The molecule has 0 radical (unpaired) electrons. The number of nitrogens with one attached hydrogen (secondary N) is 1. The minimum Gasteiger partial charge on any atom is -0.494 e. The lowest BCUT2D eigenvalue weighted by molar-refractivity contribution is -0.384. The fraction of sp³-hybridized carbons (Fsp3) is 0.333. The van der Waals surface area contributed by atoms with Gasteiger partial charge < -0.3 is 10.1 Å². The number of carbonyl (C=O) groups excluding carboxylic acids is 2. The van der Waals surface area contributed by atoms with Gasteiger partial charge >= 0.3 is 0 Å². The second-order valence-electron chi connectivity index (χ2n) is 6.80. The molecule has 1 amide bonds. The predicted molar refractivity (Wildman–Crippen MR) is 105 cm³/mol. The molecule has 1 N–H and O–H groups in total. The summed E-state index contributed by atoms with van der Waals surface area (Å²) >= 11 is 0. The van der Waals surface area contributed by atoms with Gasteiger partial charge in [0.25, 0.3) is 5.69 Å². The van der Waals surface area contributed by atoms with E-state index in [1.54, 1.807) is 0 Å². The molecule has 146 valence electrons. The average Bonchev–Trinajstić information content (AvgIpc) is 2.71. The van der Waals surface area contributed by atoms with E-state index in [0.29, 0.717) is 11.3 Å². The van der Waals surface area contributed by atoms with Gasteiger partial charge in [-0.3, -0.25) is 19.7 Å². The Morgan fingerprint density at radius 1 is 1.07 bits per heavy atom. The lowest BCUT2D eigenvalue weighted by Crippen LogP contribution is -2.14. The first kappa shape index (κ1) is 19.5. The van der Waals surface area contributed by atoms with Gasteiger partial charge in [0.05, 0.1) is 23.8 Å². The Balaban J connectivity index is 1.60. The maximum Gasteiger partial charge on any atom is 0.273 e. The fourth-order valence-corrected chi connectivity index (χ4v) is 3.39. The van der Waals surface area contributed by atoms with Crippen LogP contribution in [0.25, 0.3) is 0 Å². The van der Waals surface area contributed by atoms with Gasteiger partial charge in [-0.2, -0.15) is 0 Å². The van der Waals surface area contributed by atoms with Gasteiger partial charge in [-0.1, -0.05) is 12.1 Å². The first-order chi connectivity index (χ1) is 13.5. The quantitative estimate of drug-likeness (QED) is 0.442. The van der Waals surface area contributed by atoms with Crippen molar-refractivity contribution in [2.24, 2.45) is 0 Å². The number of methoxy groups -OCH3 is 1. The number of aryl methyl sites for hydroxylation is 2. The van der Waals surface area contributed by atoms with Crippen LogP contribution in [0.15, 0.2) is 36.4 Å². The standard InChI is InChI=1S/C21H22N2O5/c1-28-20-13-17(23(26)27)8-9-18(20)22-21(25)11-10-19(24)16-7-6-14-4-2-3-5-15(14)12-16/h6-9,12-13H,2-5,10-11H2,1H3,(H,22,25). The van der Waals surface area contributed by atoms with Crippen LogP contribution < -0.4 is 10.1 Å². The number of amides is 1. The second kappa shape index (κ2) is 8.65. The number of nitro groups is 1. The van der Waals surface area contributed by atoms with Crippen molar-refractivity contribution in [3.05, 3.63) is 63.2 Å². The Morgan fingerprint density at radius 2 is 1.82 bits per heavy atom. The zero-order chi connectivity index (χ0) is 20.1. The molecule has 0 atom stereocenters. The highest BCUT2D eigenvalue weighted by Crippen LogP contribution is 2.29. The molecule has 7 heteroatoms. The minimum atomic E-state index is -0.536. The highest BCUT2D eigenvalue weighted by molar-refractivity contribution is 6.00. The number of ether oxygens (including phenoxy) is 1. The lowest BCUT2D eigenvalue weighted by atomic mass is 9.89. The van der Waals surface area contributed by atoms with E-state index in [0.717, 1.165) is 19.3 Å². The van der Waals surface area contributed by atoms with Gasteiger partial charge in [0.15, 0.2) is 5.78 Å². The van der Waals surface area contributed by atoms with Crippen molar-refractivity contribution in [2.75, 3.05) is 12.4 Å². The molecule has 28 heavy (non-hydrogen) atoms. The third-order valence-electron chi connectivity index (χ3n) is 4.92. The summed E-state index contributed by atoms with van der Waals surface area (Å²) in [6.07, 6.45) is 4.51. The third-order valence-corrected chi connectivity index (χ3v) is 4.92. The van der Waals surface area contributed by atoms with E-state index in [2.05, 4.69) is 5.32 Å². The van der Waals surface area contributed by atoms with Crippen LogP contribution in [0.2, 0.25) is 0 Å². The van der Waals surface area contributed by atoms with E-state index < -0.39 is 4.92 Å². The van der Waals surface area contributed by atoms with E-state index in [1.165, 1.54) is 42.9 Å².